The van der Waals surface area contributed by atoms with E-state index in [4.69, 9.17) is 11.1 Å². The zero-order chi connectivity index (χ0) is 27.7. The van der Waals surface area contributed by atoms with Crippen molar-refractivity contribution >= 4 is 23.4 Å². The zero-order valence-corrected chi connectivity index (χ0v) is 21.8. The standard InChI is InChI=1S/C32H30N4O3/c1-32(21-11-7-4-8-12-21)18-26(36-25-16-13-20(29(33)34)17-24(25)32)27-23(30(37)35-2)15-14-22(28(27)31(38)39)19-9-5-3-6-10-19/h3-17,26,36H,18H2,1-2H3,(H3,33,34)(H,35,37)(H,38,39). The molecule has 1 aliphatic heterocycles. The van der Waals surface area contributed by atoms with Crippen LogP contribution in [0, 0.1) is 5.41 Å². The van der Waals surface area contributed by atoms with E-state index in [9.17, 15) is 14.7 Å². The molecule has 1 heterocycles. The predicted octanol–water partition coefficient (Wildman–Crippen LogP) is 5.56. The maximum absolute atomic E-state index is 13.1. The molecule has 4 aromatic rings. The Kier molecular flexibility index (Phi) is 6.66. The summed E-state index contributed by atoms with van der Waals surface area (Å²) in [7, 11) is 1.54. The number of anilines is 1. The number of fused-ring (bicyclic) bond motifs is 1. The summed E-state index contributed by atoms with van der Waals surface area (Å²) in [5, 5.41) is 24.8. The highest BCUT2D eigenvalue weighted by molar-refractivity contribution is 6.04. The number of amides is 1. The highest BCUT2D eigenvalue weighted by atomic mass is 16.4. The van der Waals surface area contributed by atoms with E-state index in [1.54, 1.807) is 25.2 Å². The first-order valence-electron chi connectivity index (χ1n) is 12.7. The Morgan fingerprint density at radius 1 is 1.00 bits per heavy atom. The molecule has 0 spiro atoms. The molecule has 7 heteroatoms. The summed E-state index contributed by atoms with van der Waals surface area (Å²) in [5.41, 5.74) is 10.8. The fourth-order valence-corrected chi connectivity index (χ4v) is 5.71. The second-order valence-electron chi connectivity index (χ2n) is 9.97. The average Bonchev–Trinajstić information content (AvgIpc) is 2.96. The SMILES string of the molecule is CNC(=O)c1ccc(-c2ccccc2)c(C(=O)O)c1C1CC(C)(c2ccccc2)c2cc(C(=N)N)ccc2N1. The van der Waals surface area contributed by atoms with E-state index in [0.717, 1.165) is 22.4 Å². The van der Waals surface area contributed by atoms with Crippen molar-refractivity contribution in [1.29, 1.82) is 5.41 Å². The van der Waals surface area contributed by atoms with Crippen LogP contribution in [-0.4, -0.2) is 29.9 Å². The number of aromatic carboxylic acids is 1. The molecule has 0 bridgehead atoms. The van der Waals surface area contributed by atoms with Crippen molar-refractivity contribution in [3.63, 3.8) is 0 Å². The number of carbonyl (C=O) groups is 2. The lowest BCUT2D eigenvalue weighted by Gasteiger charge is -2.42. The number of benzene rings is 4. The highest BCUT2D eigenvalue weighted by Crippen LogP contribution is 2.50. The summed E-state index contributed by atoms with van der Waals surface area (Å²) < 4.78 is 0. The highest BCUT2D eigenvalue weighted by Gasteiger charge is 2.41. The number of nitrogens with one attached hydrogen (secondary N) is 3. The van der Waals surface area contributed by atoms with Gasteiger partial charge in [0.25, 0.3) is 5.91 Å². The predicted molar refractivity (Wildman–Crippen MR) is 154 cm³/mol. The van der Waals surface area contributed by atoms with Crippen LogP contribution >= 0.6 is 0 Å². The van der Waals surface area contributed by atoms with Gasteiger partial charge >= 0.3 is 5.97 Å². The largest absolute Gasteiger partial charge is 0.478 e. The first kappa shape index (κ1) is 25.7. The minimum Gasteiger partial charge on any atom is -0.478 e. The molecule has 0 saturated carbocycles. The molecule has 39 heavy (non-hydrogen) atoms. The van der Waals surface area contributed by atoms with E-state index >= 15 is 0 Å². The number of carboxylic acid groups (broad SMARTS) is 1. The van der Waals surface area contributed by atoms with Gasteiger partial charge in [0.1, 0.15) is 5.84 Å². The molecule has 0 fully saturated rings. The molecule has 1 aliphatic rings. The second-order valence-corrected chi connectivity index (χ2v) is 9.97. The van der Waals surface area contributed by atoms with Crippen LogP contribution in [0.5, 0.6) is 0 Å². The van der Waals surface area contributed by atoms with E-state index in [0.29, 0.717) is 28.7 Å². The van der Waals surface area contributed by atoms with E-state index in [2.05, 4.69) is 17.6 Å². The zero-order valence-electron chi connectivity index (χ0n) is 21.8. The molecule has 5 rings (SSSR count). The number of carboxylic acids is 1. The Hall–Kier alpha value is -4.91. The Balaban J connectivity index is 1.79. The van der Waals surface area contributed by atoms with Crippen LogP contribution in [0.1, 0.15) is 62.4 Å². The van der Waals surface area contributed by atoms with Crippen molar-refractivity contribution in [1.82, 2.24) is 5.32 Å². The topological polar surface area (TPSA) is 128 Å². The lowest BCUT2D eigenvalue weighted by molar-refractivity contribution is 0.0696. The molecule has 2 atom stereocenters. The quantitative estimate of drug-likeness (QED) is 0.169. The molecule has 0 saturated heterocycles. The van der Waals surface area contributed by atoms with Gasteiger partial charge in [0.15, 0.2) is 0 Å². The van der Waals surface area contributed by atoms with E-state index < -0.39 is 17.4 Å². The first-order chi connectivity index (χ1) is 18.7. The van der Waals surface area contributed by atoms with Crippen LogP contribution < -0.4 is 16.4 Å². The van der Waals surface area contributed by atoms with Crippen molar-refractivity contribution in [3.8, 4) is 11.1 Å². The molecule has 196 valence electrons. The molecule has 0 aromatic heterocycles. The van der Waals surface area contributed by atoms with E-state index in [1.807, 2.05) is 72.8 Å². The Morgan fingerprint density at radius 2 is 1.67 bits per heavy atom. The number of hydrogen-bond donors (Lipinski definition) is 5. The summed E-state index contributed by atoms with van der Waals surface area (Å²) in [6, 6.07) is 27.8. The van der Waals surface area contributed by atoms with Gasteiger partial charge in [-0.15, -0.1) is 0 Å². The smallest absolute Gasteiger partial charge is 0.336 e. The van der Waals surface area contributed by atoms with Crippen molar-refractivity contribution < 1.29 is 14.7 Å². The molecule has 0 radical (unpaired) electrons. The third kappa shape index (κ3) is 4.52. The fraction of sp³-hybridized carbons (Fsp3) is 0.156. The third-order valence-electron chi connectivity index (χ3n) is 7.64. The molecule has 1 amide bonds. The minimum atomic E-state index is -1.10. The minimum absolute atomic E-state index is 0.0269. The number of hydrogen-bond acceptors (Lipinski definition) is 4. The van der Waals surface area contributed by atoms with E-state index in [-0.39, 0.29) is 17.3 Å². The summed E-state index contributed by atoms with van der Waals surface area (Å²) in [4.78, 5) is 26.0. The van der Waals surface area contributed by atoms with Gasteiger partial charge in [-0.1, -0.05) is 73.7 Å². The van der Waals surface area contributed by atoms with Gasteiger partial charge in [0.2, 0.25) is 0 Å². The van der Waals surface area contributed by atoms with Gasteiger partial charge in [0, 0.05) is 34.8 Å². The van der Waals surface area contributed by atoms with Crippen molar-refractivity contribution in [3.05, 3.63) is 124 Å². The maximum Gasteiger partial charge on any atom is 0.336 e. The van der Waals surface area contributed by atoms with Gasteiger partial charge in [-0.2, -0.15) is 0 Å². The first-order valence-corrected chi connectivity index (χ1v) is 12.7. The number of rotatable bonds is 6. The molecule has 0 aliphatic carbocycles. The Morgan fingerprint density at radius 3 is 2.28 bits per heavy atom. The molecule has 6 N–H and O–H groups in total. The average molecular weight is 519 g/mol. The fourth-order valence-electron chi connectivity index (χ4n) is 5.71. The molecule has 4 aromatic carbocycles. The number of carbonyl (C=O) groups excluding carboxylic acids is 1. The normalized spacial score (nSPS) is 17.9. The van der Waals surface area contributed by atoms with E-state index in [1.165, 1.54) is 0 Å². The lowest BCUT2D eigenvalue weighted by Crippen LogP contribution is -2.37. The molecule has 2 unspecified atom stereocenters. The van der Waals surface area contributed by atoms with Gasteiger partial charge in [0.05, 0.1) is 11.6 Å². The van der Waals surface area contributed by atoms with Gasteiger partial charge in [-0.05, 0) is 52.9 Å². The van der Waals surface area contributed by atoms with Crippen LogP contribution in [0.4, 0.5) is 5.69 Å². The van der Waals surface area contributed by atoms with Crippen LogP contribution in [0.25, 0.3) is 11.1 Å². The van der Waals surface area contributed by atoms with Crippen molar-refractivity contribution in [2.75, 3.05) is 12.4 Å². The molecular weight excluding hydrogens is 488 g/mol. The van der Waals surface area contributed by atoms with Crippen LogP contribution in [0.15, 0.2) is 91.0 Å². The van der Waals surface area contributed by atoms with Crippen molar-refractivity contribution in [2.45, 2.75) is 24.8 Å². The summed E-state index contributed by atoms with van der Waals surface area (Å²) >= 11 is 0. The Bertz CT molecular complexity index is 1580. The van der Waals surface area contributed by atoms with Crippen LogP contribution in [-0.2, 0) is 5.41 Å². The van der Waals surface area contributed by atoms with Gasteiger partial charge in [-0.25, -0.2) is 4.79 Å². The van der Waals surface area contributed by atoms with Crippen molar-refractivity contribution in [2.24, 2.45) is 5.73 Å². The summed E-state index contributed by atoms with van der Waals surface area (Å²) in [6.45, 7) is 2.11. The second kappa shape index (κ2) is 10.1. The lowest BCUT2D eigenvalue weighted by atomic mass is 9.67. The Labute approximate surface area is 227 Å². The summed E-state index contributed by atoms with van der Waals surface area (Å²) in [6.07, 6.45) is 0.466. The summed E-state index contributed by atoms with van der Waals surface area (Å²) in [5.74, 6) is -1.48. The molecular formula is C32H30N4O3. The van der Waals surface area contributed by atoms with Crippen LogP contribution in [0.2, 0.25) is 0 Å². The van der Waals surface area contributed by atoms with Crippen LogP contribution in [0.3, 0.4) is 0 Å². The number of amidine groups is 1. The third-order valence-corrected chi connectivity index (χ3v) is 7.64. The monoisotopic (exact) mass is 518 g/mol. The molecule has 7 nitrogen and oxygen atoms in total. The number of nitrogen functional groups attached to an aromatic ring is 1. The van der Waals surface area contributed by atoms with Gasteiger partial charge in [-0.3, -0.25) is 10.2 Å². The number of nitrogens with two attached hydrogens (primary N) is 1. The maximum atomic E-state index is 13.1. The van der Waals surface area contributed by atoms with Gasteiger partial charge < -0.3 is 21.5 Å².